The molecule has 0 unspecified atom stereocenters. The Hall–Kier alpha value is -0.770. The fourth-order valence-electron chi connectivity index (χ4n) is 1.40. The molecule has 0 atom stereocenters. The van der Waals surface area contributed by atoms with E-state index < -0.39 is 0 Å². The third-order valence-corrected chi connectivity index (χ3v) is 3.81. The maximum absolute atomic E-state index is 6.04. The normalized spacial score (nSPS) is 10.5. The summed E-state index contributed by atoms with van der Waals surface area (Å²) in [6.45, 7) is 2.03. The molecule has 0 fully saturated rings. The second-order valence-corrected chi connectivity index (χ2v) is 5.22. The molecule has 0 saturated carbocycles. The molecular weight excluding hydrogens is 275 g/mol. The average molecular weight is 285 g/mol. The van der Waals surface area contributed by atoms with Crippen LogP contribution in [-0.4, -0.2) is 9.97 Å². The van der Waals surface area contributed by atoms with E-state index in [0.717, 1.165) is 21.9 Å². The van der Waals surface area contributed by atoms with E-state index in [9.17, 15) is 0 Å². The monoisotopic (exact) mass is 284 g/mol. The van der Waals surface area contributed by atoms with Crippen LogP contribution < -0.4 is 0 Å². The van der Waals surface area contributed by atoms with Gasteiger partial charge in [0.2, 0.25) is 0 Å². The van der Waals surface area contributed by atoms with Crippen molar-refractivity contribution in [3.05, 3.63) is 46.3 Å². The van der Waals surface area contributed by atoms with E-state index in [4.69, 9.17) is 23.2 Å². The summed E-state index contributed by atoms with van der Waals surface area (Å²) in [6.07, 6.45) is 2.29. The maximum Gasteiger partial charge on any atom is 0.136 e. The zero-order chi connectivity index (χ0) is 12.3. The third-order valence-electron chi connectivity index (χ3n) is 2.22. The summed E-state index contributed by atoms with van der Waals surface area (Å²) in [6, 6.07) is 7.66. The molecule has 17 heavy (non-hydrogen) atoms. The largest absolute Gasteiger partial charge is 0.229 e. The van der Waals surface area contributed by atoms with Crippen molar-refractivity contribution in [2.75, 3.05) is 0 Å². The Bertz CT molecular complexity index is 532. The number of halogens is 2. The van der Waals surface area contributed by atoms with Gasteiger partial charge in [-0.3, -0.25) is 0 Å². The Labute approximate surface area is 114 Å². The number of benzene rings is 1. The first kappa shape index (κ1) is 12.7. The van der Waals surface area contributed by atoms with Crippen molar-refractivity contribution in [2.24, 2.45) is 0 Å². The van der Waals surface area contributed by atoms with Gasteiger partial charge in [0.15, 0.2) is 0 Å². The van der Waals surface area contributed by atoms with E-state index >= 15 is 0 Å². The van der Waals surface area contributed by atoms with Gasteiger partial charge in [-0.05, 0) is 24.6 Å². The Kier molecular flexibility index (Phi) is 4.26. The number of hydrogen-bond donors (Lipinski definition) is 0. The second-order valence-electron chi connectivity index (χ2n) is 3.36. The van der Waals surface area contributed by atoms with Gasteiger partial charge in [-0.2, -0.15) is 0 Å². The first-order valence-electron chi connectivity index (χ1n) is 5.13. The molecule has 0 aliphatic carbocycles. The Morgan fingerprint density at radius 2 is 2.06 bits per heavy atom. The molecule has 0 amide bonds. The number of rotatable bonds is 3. The van der Waals surface area contributed by atoms with Gasteiger partial charge in [-0.15, -0.1) is 0 Å². The molecular formula is C12H10Cl2N2S. The van der Waals surface area contributed by atoms with Crippen molar-refractivity contribution in [1.82, 2.24) is 9.97 Å². The molecule has 0 bridgehead atoms. The van der Waals surface area contributed by atoms with Crippen molar-refractivity contribution < 1.29 is 0 Å². The van der Waals surface area contributed by atoms with Crippen LogP contribution in [0.25, 0.3) is 0 Å². The lowest BCUT2D eigenvalue weighted by molar-refractivity contribution is 0.944. The van der Waals surface area contributed by atoms with Crippen LogP contribution in [0.5, 0.6) is 0 Å². The van der Waals surface area contributed by atoms with Crippen LogP contribution in [0.4, 0.5) is 0 Å². The van der Waals surface area contributed by atoms with Crippen LogP contribution in [0.15, 0.2) is 40.5 Å². The summed E-state index contributed by atoms with van der Waals surface area (Å²) in [5.41, 5.74) is 0.971. The number of aromatic nitrogens is 2. The van der Waals surface area contributed by atoms with Crippen LogP contribution in [0, 0.1) is 0 Å². The number of hydrogen-bond acceptors (Lipinski definition) is 3. The van der Waals surface area contributed by atoms with Crippen LogP contribution in [-0.2, 0) is 6.42 Å². The van der Waals surface area contributed by atoms with Crippen molar-refractivity contribution in [3.8, 4) is 0 Å². The van der Waals surface area contributed by atoms with E-state index in [1.54, 1.807) is 11.8 Å². The van der Waals surface area contributed by atoms with Crippen LogP contribution >= 0.6 is 35.0 Å². The minimum Gasteiger partial charge on any atom is -0.229 e. The van der Waals surface area contributed by atoms with Crippen molar-refractivity contribution in [3.63, 3.8) is 0 Å². The average Bonchev–Trinajstić information content (AvgIpc) is 2.29. The van der Waals surface area contributed by atoms with Crippen molar-refractivity contribution in [2.45, 2.75) is 23.3 Å². The predicted octanol–water partition coefficient (Wildman–Crippen LogP) is 4.50. The zero-order valence-corrected chi connectivity index (χ0v) is 11.5. The molecule has 0 saturated heterocycles. The highest BCUT2D eigenvalue weighted by molar-refractivity contribution is 7.99. The first-order chi connectivity index (χ1) is 8.20. The summed E-state index contributed by atoms with van der Waals surface area (Å²) in [5, 5.41) is 2.12. The maximum atomic E-state index is 6.04. The van der Waals surface area contributed by atoms with E-state index in [2.05, 4.69) is 9.97 Å². The molecule has 2 rings (SSSR count). The molecule has 1 aromatic carbocycles. The molecule has 5 heteroatoms. The van der Waals surface area contributed by atoms with Gasteiger partial charge in [0.1, 0.15) is 16.5 Å². The highest BCUT2D eigenvalue weighted by Gasteiger charge is 2.09. The van der Waals surface area contributed by atoms with Gasteiger partial charge >= 0.3 is 0 Å². The first-order valence-corrected chi connectivity index (χ1v) is 6.70. The van der Waals surface area contributed by atoms with Crippen LogP contribution in [0.3, 0.4) is 0 Å². The standard InChI is InChI=1S/C12H10Cl2N2S/c1-2-10-11(14)15-7-16-12(10)17-9-5-3-4-8(13)6-9/h3-7H,2H2,1H3. The van der Waals surface area contributed by atoms with Gasteiger partial charge in [-0.25, -0.2) is 9.97 Å². The Balaban J connectivity index is 2.33. The van der Waals surface area contributed by atoms with Crippen LogP contribution in [0.1, 0.15) is 12.5 Å². The Morgan fingerprint density at radius 1 is 1.24 bits per heavy atom. The molecule has 0 spiro atoms. The van der Waals surface area contributed by atoms with E-state index in [1.807, 2.05) is 31.2 Å². The van der Waals surface area contributed by atoms with Gasteiger partial charge in [0.25, 0.3) is 0 Å². The van der Waals surface area contributed by atoms with Gasteiger partial charge in [0, 0.05) is 15.5 Å². The third kappa shape index (κ3) is 3.12. The zero-order valence-electron chi connectivity index (χ0n) is 9.15. The van der Waals surface area contributed by atoms with Crippen molar-refractivity contribution >= 4 is 35.0 Å². The topological polar surface area (TPSA) is 25.8 Å². The smallest absolute Gasteiger partial charge is 0.136 e. The lowest BCUT2D eigenvalue weighted by atomic mass is 10.3. The van der Waals surface area contributed by atoms with Gasteiger partial charge < -0.3 is 0 Å². The summed E-state index contributed by atoms with van der Waals surface area (Å²) < 4.78 is 0. The molecule has 1 heterocycles. The van der Waals surface area contributed by atoms with Crippen LogP contribution in [0.2, 0.25) is 10.2 Å². The van der Waals surface area contributed by atoms with Crippen molar-refractivity contribution in [1.29, 1.82) is 0 Å². The molecule has 0 N–H and O–H groups in total. The predicted molar refractivity (Wildman–Crippen MR) is 72.0 cm³/mol. The summed E-state index contributed by atoms with van der Waals surface area (Å²) in [4.78, 5) is 9.29. The lowest BCUT2D eigenvalue weighted by Gasteiger charge is -2.07. The molecule has 88 valence electrons. The highest BCUT2D eigenvalue weighted by Crippen LogP contribution is 2.32. The fraction of sp³-hybridized carbons (Fsp3) is 0.167. The van der Waals surface area contributed by atoms with E-state index in [1.165, 1.54) is 6.33 Å². The fourth-order valence-corrected chi connectivity index (χ4v) is 3.00. The summed E-state index contributed by atoms with van der Waals surface area (Å²) in [7, 11) is 0. The molecule has 2 aromatic rings. The van der Waals surface area contributed by atoms with E-state index in [0.29, 0.717) is 10.2 Å². The SMILES string of the molecule is CCc1c(Cl)ncnc1Sc1cccc(Cl)c1. The molecule has 0 radical (unpaired) electrons. The summed E-state index contributed by atoms with van der Waals surface area (Å²) >= 11 is 13.5. The molecule has 0 aliphatic rings. The summed E-state index contributed by atoms with van der Waals surface area (Å²) in [5.74, 6) is 0. The second kappa shape index (κ2) is 5.71. The minimum absolute atomic E-state index is 0.520. The molecule has 0 aliphatic heterocycles. The highest BCUT2D eigenvalue weighted by atomic mass is 35.5. The van der Waals surface area contributed by atoms with Gasteiger partial charge in [0.05, 0.1) is 0 Å². The quantitative estimate of drug-likeness (QED) is 0.777. The minimum atomic E-state index is 0.520. The lowest BCUT2D eigenvalue weighted by Crippen LogP contribution is -1.93. The Morgan fingerprint density at radius 3 is 2.76 bits per heavy atom. The van der Waals surface area contributed by atoms with E-state index in [-0.39, 0.29) is 0 Å². The molecule has 1 aromatic heterocycles. The molecule has 2 nitrogen and oxygen atoms in total. The number of nitrogens with zero attached hydrogens (tertiary/aromatic N) is 2. The van der Waals surface area contributed by atoms with Gasteiger partial charge in [-0.1, -0.05) is 48.0 Å².